The van der Waals surface area contributed by atoms with Crippen LogP contribution in [0.25, 0.3) is 8.92 Å². The third-order valence-electron chi connectivity index (χ3n) is 3.86. The Hall–Kier alpha value is -1.80. The van der Waals surface area contributed by atoms with Gasteiger partial charge in [-0.25, -0.2) is 8.42 Å². The van der Waals surface area contributed by atoms with E-state index in [1.807, 2.05) is 0 Å². The number of halogens is 3. The molecule has 158 valence electrons. The molecule has 0 amide bonds. The molecular weight excluding hydrogens is 527 g/mol. The maximum absolute atomic E-state index is 10.7. The van der Waals surface area contributed by atoms with Gasteiger partial charge in [0, 0.05) is 0 Å². The quantitative estimate of drug-likeness (QED) is 0.218. The molecule has 3 aromatic rings. The molecule has 0 fully saturated rings. The van der Waals surface area contributed by atoms with Crippen molar-refractivity contribution in [2.75, 3.05) is 14.2 Å². The molecule has 0 unspecified atom stereocenters. The summed E-state index contributed by atoms with van der Waals surface area (Å²) in [7, 11) is -2.71. The summed E-state index contributed by atoms with van der Waals surface area (Å²) in [6, 6.07) is 14.8. The first-order valence-corrected chi connectivity index (χ1v) is 11.8. The van der Waals surface area contributed by atoms with E-state index in [2.05, 4.69) is 54.0 Å². The van der Waals surface area contributed by atoms with Crippen molar-refractivity contribution >= 4 is 39.5 Å². The zero-order valence-electron chi connectivity index (χ0n) is 15.7. The number of nitrogens with zero attached hydrogens (tertiary/aromatic N) is 1. The topological polar surface area (TPSA) is 79.5 Å². The predicted octanol–water partition coefficient (Wildman–Crippen LogP) is 2.61. The Kier molecular flexibility index (Phi) is 7.56. The van der Waals surface area contributed by atoms with Crippen LogP contribution < -0.4 is 14.0 Å². The molecule has 2 aromatic carbocycles. The zero-order valence-corrected chi connectivity index (χ0v) is 18.8. The van der Waals surface area contributed by atoms with Gasteiger partial charge in [0.15, 0.2) is 10.1 Å². The number of benzene rings is 2. The predicted molar refractivity (Wildman–Crippen MR) is 100 cm³/mol. The molecule has 1 heterocycles. The number of aromatic nitrogens is 1. The van der Waals surface area contributed by atoms with Gasteiger partial charge in [-0.1, -0.05) is 0 Å². The van der Waals surface area contributed by atoms with E-state index in [4.69, 9.17) is 22.4 Å². The smallest absolute Gasteiger partial charge is 0.485 e. The number of alkyl halides is 3. The molecule has 0 aliphatic rings. The van der Waals surface area contributed by atoms with Crippen LogP contribution in [0.1, 0.15) is 9.27 Å². The molecule has 0 bridgehead atoms. The van der Waals surface area contributed by atoms with Crippen LogP contribution in [0.2, 0.25) is 0 Å². The van der Waals surface area contributed by atoms with Crippen LogP contribution in [-0.2, 0) is 16.7 Å². The van der Waals surface area contributed by atoms with E-state index < -0.39 is 15.6 Å². The molecule has 0 atom stereocenters. The summed E-state index contributed by atoms with van der Waals surface area (Å²) in [5.41, 5.74) is -3.05. The first-order valence-electron chi connectivity index (χ1n) is 8.09. The van der Waals surface area contributed by atoms with Gasteiger partial charge < -0.3 is 4.55 Å². The van der Waals surface area contributed by atoms with Crippen molar-refractivity contribution in [2.45, 2.75) is 19.0 Å². The molecule has 0 saturated carbocycles. The second-order valence-electron chi connectivity index (χ2n) is 5.77. The Labute approximate surface area is 175 Å². The molecule has 11 heteroatoms. The summed E-state index contributed by atoms with van der Waals surface area (Å²) in [5, 5.41) is 0. The summed E-state index contributed by atoms with van der Waals surface area (Å²) in [6.07, 6.45) is 0. The van der Waals surface area contributed by atoms with E-state index in [1.54, 1.807) is 14.2 Å². The first kappa shape index (κ1) is 23.5. The Morgan fingerprint density at radius 2 is 1.59 bits per heavy atom. The van der Waals surface area contributed by atoms with Crippen LogP contribution in [-0.4, -0.2) is 53.1 Å². The van der Waals surface area contributed by atoms with Crippen molar-refractivity contribution in [3.8, 4) is 11.5 Å². The number of aryl methyl sites for hydroxylation is 1. The fourth-order valence-corrected chi connectivity index (χ4v) is 5.43. The third-order valence-corrected chi connectivity index (χ3v) is 7.46. The van der Waals surface area contributed by atoms with Crippen molar-refractivity contribution < 1.29 is 40.2 Å². The molecule has 0 saturated heterocycles. The van der Waals surface area contributed by atoms with Crippen LogP contribution in [0.15, 0.2) is 42.5 Å². The van der Waals surface area contributed by atoms with Gasteiger partial charge >= 0.3 is 140 Å². The molecule has 0 N–H and O–H groups in total. The molecule has 29 heavy (non-hydrogen) atoms. The largest absolute Gasteiger partial charge is 0.741 e. The standard InChI is InChI=1S/C17H18NO2Te.CHF3O3S/c1-12-18(11-13-7-5-4-6-8-13)14-9-15(19-2)16(20-3)10-17(14)21-12;2-1(3,4)8(5,6)7/h4-10H,11H2,1-3H3;(H,5,6,7)/q+1;/p-1. The SMILES string of the molecule is COc1cc2[te]c(C)[n+](Cc3ccccc3)c2cc1OC.O=S(=O)([O-])C(F)(F)F. The number of hydrogen-bond donors (Lipinski definition) is 0. The van der Waals surface area contributed by atoms with Gasteiger partial charge in [0.05, 0.1) is 0 Å². The minimum Gasteiger partial charge on any atom is -0.741 e. The number of fused-ring (bicyclic) bond motifs is 1. The van der Waals surface area contributed by atoms with Crippen molar-refractivity contribution in [3.05, 3.63) is 51.7 Å². The van der Waals surface area contributed by atoms with Gasteiger partial charge in [0.2, 0.25) is 0 Å². The average Bonchev–Trinajstić information content (AvgIpc) is 2.94. The minimum absolute atomic E-state index is 0.308. The number of rotatable bonds is 4. The van der Waals surface area contributed by atoms with E-state index in [0.717, 1.165) is 18.0 Å². The van der Waals surface area contributed by atoms with E-state index >= 15 is 0 Å². The number of ether oxygens (including phenoxy) is 2. The molecule has 0 radical (unpaired) electrons. The zero-order chi connectivity index (χ0) is 21.8. The normalized spacial score (nSPS) is 11.7. The van der Waals surface area contributed by atoms with E-state index in [-0.39, 0.29) is 20.4 Å². The maximum atomic E-state index is 10.7. The fraction of sp³-hybridized carbons (Fsp3) is 0.278. The maximum Gasteiger partial charge on any atom is 0.485 e. The van der Waals surface area contributed by atoms with Crippen LogP contribution in [0.4, 0.5) is 13.2 Å². The van der Waals surface area contributed by atoms with E-state index in [0.29, 0.717) is 0 Å². The molecule has 0 spiro atoms. The van der Waals surface area contributed by atoms with E-state index in [1.165, 1.54) is 18.2 Å². The van der Waals surface area contributed by atoms with E-state index in [9.17, 15) is 13.2 Å². The Bertz CT molecular complexity index is 1080. The first-order chi connectivity index (χ1) is 13.5. The number of methoxy groups -OCH3 is 2. The van der Waals surface area contributed by atoms with Gasteiger partial charge in [-0.2, -0.15) is 13.2 Å². The molecular formula is C18H18F3NO5STe. The molecule has 1 aromatic heterocycles. The Balaban J connectivity index is 0.000000321. The summed E-state index contributed by atoms with van der Waals surface area (Å²) in [4.78, 5) is 0. The average molecular weight is 545 g/mol. The third kappa shape index (κ3) is 5.85. The molecule has 0 aliphatic heterocycles. The van der Waals surface area contributed by atoms with Crippen molar-refractivity contribution in [3.63, 3.8) is 0 Å². The fourth-order valence-electron chi connectivity index (χ4n) is 2.49. The van der Waals surface area contributed by atoms with Crippen molar-refractivity contribution in [1.29, 1.82) is 0 Å². The van der Waals surface area contributed by atoms with Gasteiger partial charge in [-0.05, 0) is 0 Å². The Morgan fingerprint density at radius 3 is 2.07 bits per heavy atom. The second kappa shape index (κ2) is 9.34. The summed E-state index contributed by atoms with van der Waals surface area (Å²) in [5.74, 6) is 1.63. The minimum atomic E-state index is -6.09. The van der Waals surface area contributed by atoms with Gasteiger partial charge in [0.1, 0.15) is 0 Å². The summed E-state index contributed by atoms with van der Waals surface area (Å²) >= 11 is -0.308. The number of hydrogen-bond acceptors (Lipinski definition) is 5. The van der Waals surface area contributed by atoms with Crippen LogP contribution in [0.5, 0.6) is 11.5 Å². The van der Waals surface area contributed by atoms with Crippen molar-refractivity contribution in [2.24, 2.45) is 0 Å². The summed E-state index contributed by atoms with van der Waals surface area (Å²) < 4.78 is 75.1. The van der Waals surface area contributed by atoms with Gasteiger partial charge in [-0.3, -0.25) is 0 Å². The summed E-state index contributed by atoms with van der Waals surface area (Å²) in [6.45, 7) is 3.16. The van der Waals surface area contributed by atoms with Crippen LogP contribution in [0, 0.1) is 6.92 Å². The second-order valence-corrected chi connectivity index (χ2v) is 10.7. The van der Waals surface area contributed by atoms with Crippen LogP contribution >= 0.6 is 0 Å². The van der Waals surface area contributed by atoms with Crippen molar-refractivity contribution in [1.82, 2.24) is 0 Å². The molecule has 3 rings (SSSR count). The van der Waals surface area contributed by atoms with Gasteiger partial charge in [0.25, 0.3) is 0 Å². The molecule has 6 nitrogen and oxygen atoms in total. The Morgan fingerprint density at radius 1 is 1.07 bits per heavy atom. The van der Waals surface area contributed by atoms with Gasteiger partial charge in [-0.15, -0.1) is 0 Å². The van der Waals surface area contributed by atoms with Crippen LogP contribution in [0.3, 0.4) is 0 Å². The molecule has 0 aliphatic carbocycles. The monoisotopic (exact) mass is 547 g/mol.